The fraction of sp³-hybridized carbons (Fsp3) is 1.00. The number of rotatable bonds is 3. The van der Waals surface area contributed by atoms with E-state index in [4.69, 9.17) is 0 Å². The minimum Gasteiger partial charge on any atom is -0.299 e. The molecule has 0 N–H and O–H groups in total. The van der Waals surface area contributed by atoms with Gasteiger partial charge < -0.3 is 0 Å². The van der Waals surface area contributed by atoms with Crippen molar-refractivity contribution in [1.82, 2.24) is 14.7 Å². The first kappa shape index (κ1) is 15.8. The minimum absolute atomic E-state index is 0.723. The Kier molecular flexibility index (Phi) is 5.23. The van der Waals surface area contributed by atoms with Crippen LogP contribution in [0, 0.1) is 5.92 Å². The van der Waals surface area contributed by atoms with E-state index in [9.17, 15) is 0 Å². The van der Waals surface area contributed by atoms with E-state index < -0.39 is 0 Å². The summed E-state index contributed by atoms with van der Waals surface area (Å²) in [4.78, 5) is 8.24. The van der Waals surface area contributed by atoms with Crippen LogP contribution in [0.4, 0.5) is 0 Å². The second-order valence-corrected chi connectivity index (χ2v) is 8.02. The Morgan fingerprint density at radius 3 is 1.81 bits per heavy atom. The van der Waals surface area contributed by atoms with Crippen LogP contribution in [0.2, 0.25) is 0 Å². The SMILES string of the molecule is CC1CCC(N2CCN(C3CCN(C(C)C)C3)CC2)CC1. The van der Waals surface area contributed by atoms with Gasteiger partial charge in [0.25, 0.3) is 0 Å². The molecular weight excluding hydrogens is 258 g/mol. The van der Waals surface area contributed by atoms with Crippen molar-refractivity contribution in [1.29, 1.82) is 0 Å². The summed E-state index contributed by atoms with van der Waals surface area (Å²) in [5, 5.41) is 0. The van der Waals surface area contributed by atoms with Gasteiger partial charge in [0.2, 0.25) is 0 Å². The van der Waals surface area contributed by atoms with Gasteiger partial charge in [0.1, 0.15) is 0 Å². The first-order valence-electron chi connectivity index (χ1n) is 9.35. The highest BCUT2D eigenvalue weighted by Crippen LogP contribution is 2.28. The van der Waals surface area contributed by atoms with Crippen molar-refractivity contribution in [3.63, 3.8) is 0 Å². The predicted molar refractivity (Wildman–Crippen MR) is 89.7 cm³/mol. The molecule has 2 saturated heterocycles. The van der Waals surface area contributed by atoms with Crippen LogP contribution in [0.3, 0.4) is 0 Å². The second-order valence-electron chi connectivity index (χ2n) is 8.02. The molecule has 0 spiro atoms. The highest BCUT2D eigenvalue weighted by Gasteiger charge is 2.32. The molecule has 1 saturated carbocycles. The maximum Gasteiger partial charge on any atom is 0.0236 e. The summed E-state index contributed by atoms with van der Waals surface area (Å²) in [6.45, 7) is 15.0. The van der Waals surface area contributed by atoms with E-state index in [0.717, 1.165) is 24.0 Å². The van der Waals surface area contributed by atoms with Crippen LogP contribution in [0.1, 0.15) is 52.9 Å². The summed E-state index contributed by atoms with van der Waals surface area (Å²) in [6, 6.07) is 2.46. The van der Waals surface area contributed by atoms with Crippen molar-refractivity contribution < 1.29 is 0 Å². The zero-order valence-corrected chi connectivity index (χ0v) is 14.4. The zero-order chi connectivity index (χ0) is 14.8. The normalized spacial score (nSPS) is 37.4. The van der Waals surface area contributed by atoms with Crippen molar-refractivity contribution in [2.45, 2.75) is 71.0 Å². The number of likely N-dealkylation sites (tertiary alicyclic amines) is 1. The molecule has 0 aromatic heterocycles. The predicted octanol–water partition coefficient (Wildman–Crippen LogP) is 2.67. The maximum absolute atomic E-state index is 2.80. The zero-order valence-electron chi connectivity index (χ0n) is 14.4. The van der Waals surface area contributed by atoms with Crippen molar-refractivity contribution in [2.75, 3.05) is 39.3 Å². The van der Waals surface area contributed by atoms with Crippen LogP contribution in [0.15, 0.2) is 0 Å². The Balaban J connectivity index is 1.43. The number of hydrogen-bond acceptors (Lipinski definition) is 3. The van der Waals surface area contributed by atoms with Crippen LogP contribution < -0.4 is 0 Å². The molecule has 3 nitrogen and oxygen atoms in total. The molecule has 21 heavy (non-hydrogen) atoms. The lowest BCUT2D eigenvalue weighted by Gasteiger charge is -2.43. The van der Waals surface area contributed by atoms with E-state index >= 15 is 0 Å². The highest BCUT2D eigenvalue weighted by molar-refractivity contribution is 4.89. The van der Waals surface area contributed by atoms with Gasteiger partial charge in [-0.25, -0.2) is 0 Å². The Bertz CT molecular complexity index is 314. The van der Waals surface area contributed by atoms with Crippen LogP contribution in [0.5, 0.6) is 0 Å². The van der Waals surface area contributed by atoms with Crippen LogP contribution in [0.25, 0.3) is 0 Å². The molecule has 3 rings (SSSR count). The molecule has 1 unspecified atom stereocenters. The molecule has 1 aliphatic carbocycles. The molecule has 0 aromatic rings. The third kappa shape index (κ3) is 3.80. The molecule has 2 aliphatic heterocycles. The van der Waals surface area contributed by atoms with Gasteiger partial charge in [0.15, 0.2) is 0 Å². The highest BCUT2D eigenvalue weighted by atomic mass is 15.3. The van der Waals surface area contributed by atoms with Crippen molar-refractivity contribution in [2.24, 2.45) is 5.92 Å². The molecule has 3 aliphatic rings. The van der Waals surface area contributed by atoms with E-state index in [0.29, 0.717) is 0 Å². The van der Waals surface area contributed by atoms with Gasteiger partial charge in [-0.3, -0.25) is 14.7 Å². The first-order valence-corrected chi connectivity index (χ1v) is 9.35. The van der Waals surface area contributed by atoms with Crippen molar-refractivity contribution in [3.8, 4) is 0 Å². The van der Waals surface area contributed by atoms with E-state index in [-0.39, 0.29) is 0 Å². The summed E-state index contributed by atoms with van der Waals surface area (Å²) in [5.74, 6) is 0.975. The monoisotopic (exact) mass is 293 g/mol. The molecule has 2 heterocycles. The fourth-order valence-corrected chi connectivity index (χ4v) is 4.61. The lowest BCUT2D eigenvalue weighted by Crippen LogP contribution is -2.54. The van der Waals surface area contributed by atoms with E-state index in [1.807, 2.05) is 0 Å². The molecule has 3 heteroatoms. The van der Waals surface area contributed by atoms with Gasteiger partial charge in [0.05, 0.1) is 0 Å². The van der Waals surface area contributed by atoms with Gasteiger partial charge in [-0.2, -0.15) is 0 Å². The van der Waals surface area contributed by atoms with Crippen molar-refractivity contribution in [3.05, 3.63) is 0 Å². The lowest BCUT2D eigenvalue weighted by atomic mass is 9.86. The summed E-state index contributed by atoms with van der Waals surface area (Å²) in [5.41, 5.74) is 0. The molecule has 1 atom stereocenters. The van der Waals surface area contributed by atoms with E-state index in [2.05, 4.69) is 35.5 Å². The molecule has 0 aromatic carbocycles. The molecule has 0 bridgehead atoms. The molecule has 3 fully saturated rings. The molecule has 122 valence electrons. The first-order chi connectivity index (χ1) is 10.1. The topological polar surface area (TPSA) is 9.72 Å². The molecular formula is C18H35N3. The summed E-state index contributed by atoms with van der Waals surface area (Å²) in [7, 11) is 0. The van der Waals surface area contributed by atoms with Gasteiger partial charge in [-0.15, -0.1) is 0 Å². The second kappa shape index (κ2) is 6.97. The van der Waals surface area contributed by atoms with Crippen molar-refractivity contribution >= 4 is 0 Å². The summed E-state index contributed by atoms with van der Waals surface area (Å²) in [6.07, 6.45) is 7.20. The Hall–Kier alpha value is -0.120. The van der Waals surface area contributed by atoms with Crippen LogP contribution >= 0.6 is 0 Å². The van der Waals surface area contributed by atoms with Gasteiger partial charge in [-0.1, -0.05) is 6.92 Å². The van der Waals surface area contributed by atoms with Gasteiger partial charge in [-0.05, 0) is 51.9 Å². The van der Waals surface area contributed by atoms with E-state index in [1.165, 1.54) is 71.4 Å². The fourth-order valence-electron chi connectivity index (χ4n) is 4.61. The summed E-state index contributed by atoms with van der Waals surface area (Å²) >= 11 is 0. The van der Waals surface area contributed by atoms with Gasteiger partial charge in [0, 0.05) is 57.4 Å². The van der Waals surface area contributed by atoms with Crippen LogP contribution in [-0.2, 0) is 0 Å². The Labute approximate surface area is 131 Å². The number of piperazine rings is 1. The average Bonchev–Trinajstić information content (AvgIpc) is 2.98. The van der Waals surface area contributed by atoms with Gasteiger partial charge >= 0.3 is 0 Å². The quantitative estimate of drug-likeness (QED) is 0.792. The average molecular weight is 293 g/mol. The molecule has 0 amide bonds. The summed E-state index contributed by atoms with van der Waals surface area (Å²) < 4.78 is 0. The minimum atomic E-state index is 0.723. The lowest BCUT2D eigenvalue weighted by molar-refractivity contribution is 0.0523. The molecule has 0 radical (unpaired) electrons. The Morgan fingerprint density at radius 1 is 0.714 bits per heavy atom. The Morgan fingerprint density at radius 2 is 1.29 bits per heavy atom. The maximum atomic E-state index is 2.80. The third-order valence-electron chi connectivity index (χ3n) is 6.29. The largest absolute Gasteiger partial charge is 0.299 e. The standard InChI is InChI=1S/C18H35N3/c1-15(2)21-9-8-18(14-21)20-12-10-19(11-13-20)17-6-4-16(3)5-7-17/h15-18H,4-14H2,1-3H3. The van der Waals surface area contributed by atoms with Crippen LogP contribution in [-0.4, -0.2) is 72.1 Å². The van der Waals surface area contributed by atoms with E-state index in [1.54, 1.807) is 0 Å². The smallest absolute Gasteiger partial charge is 0.0236 e. The number of nitrogens with zero attached hydrogens (tertiary/aromatic N) is 3. The third-order valence-corrected chi connectivity index (χ3v) is 6.29. The number of hydrogen-bond donors (Lipinski definition) is 0.